The molecule has 0 saturated carbocycles. The molecule has 0 bridgehead atoms. The van der Waals surface area contributed by atoms with Gasteiger partial charge in [0.25, 0.3) is 10.0 Å². The molecule has 0 aromatic heterocycles. The van der Waals surface area contributed by atoms with Gasteiger partial charge < -0.3 is 4.74 Å². The second kappa shape index (κ2) is 6.92. The largest absolute Gasteiger partial charge is 0.449 e. The molecule has 0 radical (unpaired) electrons. The van der Waals surface area contributed by atoms with Crippen molar-refractivity contribution in [1.29, 1.82) is 0 Å². The quantitative estimate of drug-likeness (QED) is 0.780. The van der Waals surface area contributed by atoms with Crippen molar-refractivity contribution in [3.63, 3.8) is 0 Å². The van der Waals surface area contributed by atoms with E-state index in [1.165, 1.54) is 24.3 Å². The number of benzene rings is 1. The summed E-state index contributed by atoms with van der Waals surface area (Å²) in [6, 6.07) is 5.36. The number of hydrogen-bond donors (Lipinski definition) is 0. The Bertz CT molecular complexity index is 556. The number of nitrogens with zero attached hydrogens (tertiary/aromatic N) is 1. The lowest BCUT2D eigenvalue weighted by Gasteiger charge is -2.19. The summed E-state index contributed by atoms with van der Waals surface area (Å²) in [5.41, 5.74) is 0. The highest BCUT2D eigenvalue weighted by molar-refractivity contribution is 7.89. The summed E-state index contributed by atoms with van der Waals surface area (Å²) in [6.07, 6.45) is -1.09. The molecule has 0 aliphatic heterocycles. The molecule has 1 aromatic rings. The van der Waals surface area contributed by atoms with Gasteiger partial charge in [-0.3, -0.25) is 4.84 Å². The summed E-state index contributed by atoms with van der Waals surface area (Å²) in [4.78, 5) is 16.3. The molecule has 8 heteroatoms. The van der Waals surface area contributed by atoms with Gasteiger partial charge in [0, 0.05) is 5.02 Å². The van der Waals surface area contributed by atoms with Gasteiger partial charge in [-0.1, -0.05) is 29.9 Å². The molecule has 1 rings (SSSR count). The molecule has 0 atom stereocenters. The van der Waals surface area contributed by atoms with E-state index in [4.69, 9.17) is 16.3 Å². The van der Waals surface area contributed by atoms with Crippen LogP contribution in [0.15, 0.2) is 29.2 Å². The molecule has 0 heterocycles. The molecule has 6 nitrogen and oxygen atoms in total. The van der Waals surface area contributed by atoms with Crippen molar-refractivity contribution in [3.05, 3.63) is 29.3 Å². The third-order valence-corrected chi connectivity index (χ3v) is 4.04. The maximum atomic E-state index is 12.2. The number of carbonyl (C=O) groups is 1. The van der Waals surface area contributed by atoms with Crippen molar-refractivity contribution in [1.82, 2.24) is 4.47 Å². The first-order valence-corrected chi connectivity index (χ1v) is 7.62. The van der Waals surface area contributed by atoms with E-state index >= 15 is 0 Å². The minimum Gasteiger partial charge on any atom is -0.447 e. The maximum Gasteiger partial charge on any atom is 0.449 e. The molecule has 1 amide bonds. The Balaban J connectivity index is 2.98. The van der Waals surface area contributed by atoms with Crippen LogP contribution in [0.1, 0.15) is 13.8 Å². The van der Waals surface area contributed by atoms with Gasteiger partial charge in [-0.25, -0.2) is 4.79 Å². The Labute approximate surface area is 123 Å². The fourth-order valence-corrected chi connectivity index (χ4v) is 2.51. The van der Waals surface area contributed by atoms with E-state index in [1.807, 2.05) is 13.8 Å². The average Bonchev–Trinajstić information content (AvgIpc) is 2.37. The van der Waals surface area contributed by atoms with E-state index in [0.717, 1.165) is 7.11 Å². The number of carbonyl (C=O) groups excluding carboxylic acids is 1. The molecule has 20 heavy (non-hydrogen) atoms. The van der Waals surface area contributed by atoms with Gasteiger partial charge in [0.05, 0.1) is 18.6 Å². The van der Waals surface area contributed by atoms with Gasteiger partial charge in [-0.15, -0.1) is 0 Å². The van der Waals surface area contributed by atoms with E-state index in [1.54, 1.807) is 0 Å². The van der Waals surface area contributed by atoms with Gasteiger partial charge in [-0.2, -0.15) is 8.42 Å². The molecule has 0 aliphatic rings. The molecule has 0 fully saturated rings. The van der Waals surface area contributed by atoms with Crippen LogP contribution in [-0.4, -0.2) is 32.7 Å². The fourth-order valence-electron chi connectivity index (χ4n) is 1.26. The number of ether oxygens (including phenoxy) is 1. The van der Waals surface area contributed by atoms with Crippen LogP contribution in [0.3, 0.4) is 0 Å². The van der Waals surface area contributed by atoms with Gasteiger partial charge in [0.1, 0.15) is 0 Å². The fraction of sp³-hybridized carbons (Fsp3) is 0.417. The lowest BCUT2D eigenvalue weighted by atomic mass is 10.2. The Kier molecular flexibility index (Phi) is 5.79. The predicted octanol–water partition coefficient (Wildman–Crippen LogP) is 2.68. The van der Waals surface area contributed by atoms with Gasteiger partial charge in [-0.05, 0) is 30.2 Å². The number of sulfonamides is 1. The van der Waals surface area contributed by atoms with Crippen LogP contribution in [0.5, 0.6) is 0 Å². The summed E-state index contributed by atoms with van der Waals surface area (Å²) in [5.74, 6) is 0.0795. The van der Waals surface area contributed by atoms with Crippen LogP contribution in [0.2, 0.25) is 5.02 Å². The third-order valence-electron chi connectivity index (χ3n) is 2.18. The first kappa shape index (κ1) is 16.7. The van der Waals surface area contributed by atoms with E-state index in [2.05, 4.69) is 4.84 Å². The Morgan fingerprint density at radius 2 is 1.85 bits per heavy atom. The first-order chi connectivity index (χ1) is 9.28. The van der Waals surface area contributed by atoms with Crippen LogP contribution >= 0.6 is 11.6 Å². The summed E-state index contributed by atoms with van der Waals surface area (Å²) in [6.45, 7) is 3.76. The third kappa shape index (κ3) is 4.09. The van der Waals surface area contributed by atoms with E-state index in [9.17, 15) is 13.2 Å². The highest BCUT2D eigenvalue weighted by atomic mass is 35.5. The van der Waals surface area contributed by atoms with Crippen molar-refractivity contribution in [3.8, 4) is 0 Å². The maximum absolute atomic E-state index is 12.2. The van der Waals surface area contributed by atoms with Crippen molar-refractivity contribution in [2.75, 3.05) is 13.7 Å². The zero-order chi connectivity index (χ0) is 15.3. The molecule has 1 aromatic carbocycles. The predicted molar refractivity (Wildman–Crippen MR) is 73.7 cm³/mol. The number of halogens is 1. The SMILES string of the molecule is CON(C(=O)OCC(C)C)S(=O)(=O)c1ccc(Cl)cc1. The Morgan fingerprint density at radius 3 is 2.30 bits per heavy atom. The zero-order valence-corrected chi connectivity index (χ0v) is 12.9. The Morgan fingerprint density at radius 1 is 1.30 bits per heavy atom. The summed E-state index contributed by atoms with van der Waals surface area (Å²) < 4.78 is 29.5. The number of rotatable bonds is 5. The second-order valence-corrected chi connectivity index (χ2v) is 6.53. The van der Waals surface area contributed by atoms with E-state index < -0.39 is 16.1 Å². The zero-order valence-electron chi connectivity index (χ0n) is 11.4. The average molecular weight is 322 g/mol. The molecule has 0 N–H and O–H groups in total. The monoisotopic (exact) mass is 321 g/mol. The van der Waals surface area contributed by atoms with Crippen LogP contribution in [0.25, 0.3) is 0 Å². The van der Waals surface area contributed by atoms with Gasteiger partial charge in [0.15, 0.2) is 0 Å². The number of hydroxylamine groups is 1. The normalized spacial score (nSPS) is 11.4. The molecule has 0 unspecified atom stereocenters. The van der Waals surface area contributed by atoms with Crippen molar-refractivity contribution < 1.29 is 22.8 Å². The second-order valence-electron chi connectivity index (χ2n) is 4.34. The lowest BCUT2D eigenvalue weighted by Crippen LogP contribution is -2.37. The topological polar surface area (TPSA) is 72.9 Å². The number of hydrogen-bond acceptors (Lipinski definition) is 5. The van der Waals surface area contributed by atoms with Crippen LogP contribution in [-0.2, 0) is 19.6 Å². The molecule has 0 aliphatic carbocycles. The lowest BCUT2D eigenvalue weighted by molar-refractivity contribution is -0.0433. The number of amides is 1. The van der Waals surface area contributed by atoms with Crippen molar-refractivity contribution in [2.45, 2.75) is 18.7 Å². The minimum absolute atomic E-state index is 0.0795. The van der Waals surface area contributed by atoms with Crippen molar-refractivity contribution >= 4 is 27.7 Å². The van der Waals surface area contributed by atoms with E-state index in [-0.39, 0.29) is 21.9 Å². The summed E-state index contributed by atoms with van der Waals surface area (Å²) in [5, 5.41) is 0.385. The molecule has 112 valence electrons. The highest BCUT2D eigenvalue weighted by Gasteiger charge is 2.31. The smallest absolute Gasteiger partial charge is 0.447 e. The standard InChI is InChI=1S/C12H16ClNO5S/c1-9(2)8-19-12(15)14(18-3)20(16,17)11-6-4-10(13)5-7-11/h4-7,9H,8H2,1-3H3. The van der Waals surface area contributed by atoms with Gasteiger partial charge in [0.2, 0.25) is 0 Å². The summed E-state index contributed by atoms with van der Waals surface area (Å²) in [7, 11) is -3.06. The van der Waals surface area contributed by atoms with Crippen LogP contribution in [0.4, 0.5) is 4.79 Å². The molecular weight excluding hydrogens is 306 g/mol. The van der Waals surface area contributed by atoms with Gasteiger partial charge >= 0.3 is 6.09 Å². The van der Waals surface area contributed by atoms with Crippen LogP contribution < -0.4 is 0 Å². The summed E-state index contributed by atoms with van der Waals surface area (Å²) >= 11 is 5.69. The molecular formula is C12H16ClNO5S. The Hall–Kier alpha value is -1.31. The minimum atomic E-state index is -4.14. The highest BCUT2D eigenvalue weighted by Crippen LogP contribution is 2.19. The van der Waals surface area contributed by atoms with E-state index in [0.29, 0.717) is 5.02 Å². The first-order valence-electron chi connectivity index (χ1n) is 5.80. The van der Waals surface area contributed by atoms with Crippen LogP contribution in [0, 0.1) is 5.92 Å². The molecule has 0 saturated heterocycles. The van der Waals surface area contributed by atoms with Crippen molar-refractivity contribution in [2.24, 2.45) is 5.92 Å². The molecule has 0 spiro atoms.